The van der Waals surface area contributed by atoms with Gasteiger partial charge in [0.15, 0.2) is 0 Å². The lowest BCUT2D eigenvalue weighted by Gasteiger charge is -2.30. The summed E-state index contributed by atoms with van der Waals surface area (Å²) in [6, 6.07) is 7.81. The minimum Gasteiger partial charge on any atom is -0.327 e. The SMILES string of the molecule is CCC(c1ccc(F)cc1)N1CC2CCCC(N)C2C1. The summed E-state index contributed by atoms with van der Waals surface area (Å²) in [5.41, 5.74) is 7.54. The molecule has 1 aromatic rings. The van der Waals surface area contributed by atoms with Gasteiger partial charge in [-0.25, -0.2) is 4.39 Å². The molecule has 4 unspecified atom stereocenters. The van der Waals surface area contributed by atoms with Crippen LogP contribution in [0.15, 0.2) is 24.3 Å². The Morgan fingerprint density at radius 3 is 2.65 bits per heavy atom. The lowest BCUT2D eigenvalue weighted by Crippen LogP contribution is -2.38. The van der Waals surface area contributed by atoms with E-state index in [2.05, 4.69) is 11.8 Å². The van der Waals surface area contributed by atoms with E-state index in [4.69, 9.17) is 5.73 Å². The van der Waals surface area contributed by atoms with Crippen LogP contribution in [-0.2, 0) is 0 Å². The van der Waals surface area contributed by atoms with Crippen LogP contribution in [0.4, 0.5) is 4.39 Å². The number of benzene rings is 1. The second kappa shape index (κ2) is 5.82. The Hall–Kier alpha value is -0.930. The van der Waals surface area contributed by atoms with Crippen molar-refractivity contribution in [3.63, 3.8) is 0 Å². The molecule has 0 aromatic heterocycles. The Kier molecular flexibility index (Phi) is 4.08. The summed E-state index contributed by atoms with van der Waals surface area (Å²) in [4.78, 5) is 2.58. The number of fused-ring (bicyclic) bond motifs is 1. The molecular formula is C17H25FN2. The highest BCUT2D eigenvalue weighted by atomic mass is 19.1. The van der Waals surface area contributed by atoms with Crippen molar-refractivity contribution in [3.05, 3.63) is 35.6 Å². The van der Waals surface area contributed by atoms with Crippen molar-refractivity contribution in [1.29, 1.82) is 0 Å². The molecule has 1 saturated carbocycles. The van der Waals surface area contributed by atoms with E-state index in [1.165, 1.54) is 24.8 Å². The quantitative estimate of drug-likeness (QED) is 0.917. The summed E-state index contributed by atoms with van der Waals surface area (Å²) >= 11 is 0. The molecule has 0 bridgehead atoms. The van der Waals surface area contributed by atoms with Crippen molar-refractivity contribution >= 4 is 0 Å². The van der Waals surface area contributed by atoms with E-state index in [1.54, 1.807) is 12.1 Å². The number of nitrogens with two attached hydrogens (primary N) is 1. The minimum atomic E-state index is -0.152. The second-order valence-electron chi connectivity index (χ2n) is 6.45. The summed E-state index contributed by atoms with van der Waals surface area (Å²) in [7, 11) is 0. The van der Waals surface area contributed by atoms with Crippen molar-refractivity contribution in [1.82, 2.24) is 4.90 Å². The fourth-order valence-corrected chi connectivity index (χ4v) is 4.20. The zero-order chi connectivity index (χ0) is 14.1. The van der Waals surface area contributed by atoms with E-state index < -0.39 is 0 Å². The molecule has 0 spiro atoms. The first-order valence-electron chi connectivity index (χ1n) is 7.94. The van der Waals surface area contributed by atoms with Crippen LogP contribution in [0.25, 0.3) is 0 Å². The first-order valence-corrected chi connectivity index (χ1v) is 7.94. The number of hydrogen-bond acceptors (Lipinski definition) is 2. The van der Waals surface area contributed by atoms with E-state index in [0.29, 0.717) is 18.0 Å². The lowest BCUT2D eigenvalue weighted by atomic mass is 9.78. The van der Waals surface area contributed by atoms with Gasteiger partial charge in [0, 0.05) is 25.2 Å². The molecule has 3 heteroatoms. The average Bonchev–Trinajstić information content (AvgIpc) is 2.87. The third-order valence-electron chi connectivity index (χ3n) is 5.26. The van der Waals surface area contributed by atoms with E-state index in [9.17, 15) is 4.39 Å². The van der Waals surface area contributed by atoms with Crippen LogP contribution < -0.4 is 5.73 Å². The molecular weight excluding hydrogens is 251 g/mol. The maximum Gasteiger partial charge on any atom is 0.123 e. The fourth-order valence-electron chi connectivity index (χ4n) is 4.20. The number of rotatable bonds is 3. The van der Waals surface area contributed by atoms with Gasteiger partial charge >= 0.3 is 0 Å². The normalized spacial score (nSPS) is 32.0. The number of likely N-dealkylation sites (tertiary alicyclic amines) is 1. The monoisotopic (exact) mass is 276 g/mol. The highest BCUT2D eigenvalue weighted by Gasteiger charge is 2.40. The molecule has 2 fully saturated rings. The summed E-state index contributed by atoms with van der Waals surface area (Å²) in [5.74, 6) is 1.28. The van der Waals surface area contributed by atoms with E-state index in [1.807, 2.05) is 12.1 Å². The lowest BCUT2D eigenvalue weighted by molar-refractivity contribution is 0.225. The molecule has 1 aromatic carbocycles. The molecule has 2 nitrogen and oxygen atoms in total. The molecule has 4 atom stereocenters. The molecule has 110 valence electrons. The maximum atomic E-state index is 13.1. The molecule has 0 amide bonds. The van der Waals surface area contributed by atoms with Crippen LogP contribution in [0.3, 0.4) is 0 Å². The van der Waals surface area contributed by atoms with Crippen molar-refractivity contribution in [2.45, 2.75) is 44.7 Å². The molecule has 2 N–H and O–H groups in total. The molecule has 1 saturated heterocycles. The Morgan fingerprint density at radius 2 is 2.00 bits per heavy atom. The van der Waals surface area contributed by atoms with Crippen LogP contribution in [0.2, 0.25) is 0 Å². The molecule has 1 heterocycles. The largest absolute Gasteiger partial charge is 0.327 e. The van der Waals surface area contributed by atoms with Crippen molar-refractivity contribution < 1.29 is 4.39 Å². The smallest absolute Gasteiger partial charge is 0.123 e. The topological polar surface area (TPSA) is 29.3 Å². The van der Waals surface area contributed by atoms with Crippen LogP contribution in [0.5, 0.6) is 0 Å². The van der Waals surface area contributed by atoms with Crippen LogP contribution in [-0.4, -0.2) is 24.0 Å². The van der Waals surface area contributed by atoms with Crippen LogP contribution in [0.1, 0.15) is 44.2 Å². The second-order valence-corrected chi connectivity index (χ2v) is 6.45. The van der Waals surface area contributed by atoms with E-state index >= 15 is 0 Å². The molecule has 1 aliphatic carbocycles. The summed E-state index contributed by atoms with van der Waals surface area (Å²) in [6.45, 7) is 4.49. The van der Waals surface area contributed by atoms with Gasteiger partial charge in [0.25, 0.3) is 0 Å². The molecule has 2 aliphatic rings. The Bertz CT molecular complexity index is 445. The standard InChI is InChI=1S/C17H25FN2/c1-2-17(12-6-8-14(18)9-7-12)20-10-13-4-3-5-16(19)15(13)11-20/h6-9,13,15-17H,2-5,10-11,19H2,1H3. The zero-order valence-electron chi connectivity index (χ0n) is 12.3. The Labute approximate surface area is 121 Å². The van der Waals surface area contributed by atoms with Gasteiger partial charge in [0.2, 0.25) is 0 Å². The number of halogens is 1. The first-order chi connectivity index (χ1) is 9.69. The van der Waals surface area contributed by atoms with E-state index in [-0.39, 0.29) is 5.82 Å². The third-order valence-corrected chi connectivity index (χ3v) is 5.26. The minimum absolute atomic E-state index is 0.152. The van der Waals surface area contributed by atoms with Gasteiger partial charge in [-0.2, -0.15) is 0 Å². The van der Waals surface area contributed by atoms with Gasteiger partial charge in [-0.05, 0) is 48.8 Å². The predicted molar refractivity (Wildman–Crippen MR) is 79.8 cm³/mol. The first kappa shape index (κ1) is 14.0. The number of nitrogens with zero attached hydrogens (tertiary/aromatic N) is 1. The van der Waals surface area contributed by atoms with E-state index in [0.717, 1.165) is 25.4 Å². The predicted octanol–water partition coefficient (Wildman–Crippen LogP) is 3.34. The molecule has 1 aliphatic heterocycles. The van der Waals surface area contributed by atoms with Crippen molar-refractivity contribution in [3.8, 4) is 0 Å². The third kappa shape index (κ3) is 2.61. The van der Waals surface area contributed by atoms with Gasteiger partial charge in [0.05, 0.1) is 0 Å². The van der Waals surface area contributed by atoms with Gasteiger partial charge in [-0.3, -0.25) is 4.90 Å². The van der Waals surface area contributed by atoms with Gasteiger partial charge < -0.3 is 5.73 Å². The highest BCUT2D eigenvalue weighted by molar-refractivity contribution is 5.20. The van der Waals surface area contributed by atoms with Gasteiger partial charge in [-0.15, -0.1) is 0 Å². The average molecular weight is 276 g/mol. The zero-order valence-corrected chi connectivity index (χ0v) is 12.3. The van der Waals surface area contributed by atoms with Crippen molar-refractivity contribution in [2.24, 2.45) is 17.6 Å². The Morgan fingerprint density at radius 1 is 1.25 bits per heavy atom. The highest BCUT2D eigenvalue weighted by Crippen LogP contribution is 2.39. The summed E-state index contributed by atoms with van der Waals surface area (Å²) < 4.78 is 13.1. The Balaban J connectivity index is 1.75. The fraction of sp³-hybridized carbons (Fsp3) is 0.647. The van der Waals surface area contributed by atoms with Crippen LogP contribution >= 0.6 is 0 Å². The van der Waals surface area contributed by atoms with Crippen LogP contribution in [0, 0.1) is 17.7 Å². The summed E-state index contributed by atoms with van der Waals surface area (Å²) in [6.07, 6.45) is 4.86. The molecule has 0 radical (unpaired) electrons. The number of hydrogen-bond donors (Lipinski definition) is 1. The molecule has 3 rings (SSSR count). The van der Waals surface area contributed by atoms with Gasteiger partial charge in [0.1, 0.15) is 5.82 Å². The maximum absolute atomic E-state index is 13.1. The van der Waals surface area contributed by atoms with Crippen molar-refractivity contribution in [2.75, 3.05) is 13.1 Å². The molecule has 20 heavy (non-hydrogen) atoms. The van der Waals surface area contributed by atoms with Gasteiger partial charge in [-0.1, -0.05) is 25.5 Å². The summed E-state index contributed by atoms with van der Waals surface area (Å²) in [5, 5.41) is 0.